The molecule has 2 aliphatic rings. The number of fused-ring (bicyclic) bond motifs is 3. The number of aryl methyl sites for hydroxylation is 2. The van der Waals surface area contributed by atoms with E-state index in [2.05, 4.69) is 26.4 Å². The van der Waals surface area contributed by atoms with Crippen molar-refractivity contribution in [3.8, 4) is 0 Å². The van der Waals surface area contributed by atoms with Gasteiger partial charge in [0.1, 0.15) is 18.0 Å². The van der Waals surface area contributed by atoms with Crippen molar-refractivity contribution in [3.63, 3.8) is 0 Å². The predicted octanol–water partition coefficient (Wildman–Crippen LogP) is 4.35. The molecule has 8 heteroatoms. The van der Waals surface area contributed by atoms with E-state index in [1.54, 1.807) is 18.5 Å². The molecule has 0 saturated carbocycles. The molecule has 0 spiro atoms. The number of rotatable bonds is 5. The number of hydrogen-bond donors (Lipinski definition) is 0. The lowest BCUT2D eigenvalue weighted by atomic mass is 9.96. The fourth-order valence-corrected chi connectivity index (χ4v) is 5.16. The molecule has 0 N–H and O–H groups in total. The van der Waals surface area contributed by atoms with E-state index in [9.17, 15) is 9.18 Å². The second kappa shape index (κ2) is 9.45. The number of aromatic nitrogens is 4. The van der Waals surface area contributed by atoms with E-state index in [1.165, 1.54) is 18.6 Å². The summed E-state index contributed by atoms with van der Waals surface area (Å²) < 4.78 is 15.7. The SMILES string of the molecule is CCCN(C(=O)[C@H]1CCCN(c2ncnc3c2nc2n3CCCCC2)C1)c1ccc(F)cc1. The summed E-state index contributed by atoms with van der Waals surface area (Å²) in [6.07, 6.45) is 8.72. The minimum absolute atomic E-state index is 0.0964. The Labute approximate surface area is 193 Å². The molecule has 1 atom stereocenters. The highest BCUT2D eigenvalue weighted by Crippen LogP contribution is 2.30. The standard InChI is InChI=1S/C25H31FN6O/c1-2-13-31(20-11-9-19(26)10-12-20)25(33)18-7-6-14-30(16-18)23-22-24(28-17-27-23)32-15-5-3-4-8-21(32)29-22/h9-12,17-18H,2-8,13-16H2,1H3/t18-/m0/s1. The Balaban J connectivity index is 1.41. The number of carbonyl (C=O) groups excluding carboxylic acids is 1. The summed E-state index contributed by atoms with van der Waals surface area (Å²) in [4.78, 5) is 31.7. The smallest absolute Gasteiger partial charge is 0.231 e. The van der Waals surface area contributed by atoms with Gasteiger partial charge in [0.15, 0.2) is 17.0 Å². The molecule has 2 aliphatic heterocycles. The normalized spacial score (nSPS) is 18.7. The number of halogens is 1. The van der Waals surface area contributed by atoms with Gasteiger partial charge in [-0.15, -0.1) is 0 Å². The van der Waals surface area contributed by atoms with Gasteiger partial charge in [0.25, 0.3) is 0 Å². The molecule has 0 radical (unpaired) electrons. The molecular formula is C25H31FN6O. The van der Waals surface area contributed by atoms with E-state index in [0.29, 0.717) is 13.1 Å². The number of piperidine rings is 1. The molecule has 2 aromatic heterocycles. The van der Waals surface area contributed by atoms with E-state index in [-0.39, 0.29) is 17.6 Å². The first-order chi connectivity index (χ1) is 16.2. The first-order valence-electron chi connectivity index (χ1n) is 12.2. The van der Waals surface area contributed by atoms with Gasteiger partial charge in [-0.25, -0.2) is 19.3 Å². The molecule has 5 rings (SSSR count). The summed E-state index contributed by atoms with van der Waals surface area (Å²) >= 11 is 0. The van der Waals surface area contributed by atoms with Gasteiger partial charge in [-0.1, -0.05) is 13.3 Å². The van der Waals surface area contributed by atoms with Crippen LogP contribution in [0.2, 0.25) is 0 Å². The van der Waals surface area contributed by atoms with E-state index in [4.69, 9.17) is 4.98 Å². The van der Waals surface area contributed by atoms with Crippen molar-refractivity contribution >= 4 is 28.6 Å². The maximum Gasteiger partial charge on any atom is 0.231 e. The highest BCUT2D eigenvalue weighted by atomic mass is 19.1. The van der Waals surface area contributed by atoms with Crippen molar-refractivity contribution in [1.29, 1.82) is 0 Å². The van der Waals surface area contributed by atoms with E-state index in [1.807, 2.05) is 4.90 Å². The van der Waals surface area contributed by atoms with Crippen molar-refractivity contribution in [3.05, 3.63) is 42.2 Å². The molecule has 3 aromatic rings. The topological polar surface area (TPSA) is 67.2 Å². The zero-order chi connectivity index (χ0) is 22.8. The largest absolute Gasteiger partial charge is 0.354 e. The minimum Gasteiger partial charge on any atom is -0.354 e. The van der Waals surface area contributed by atoms with Crippen LogP contribution >= 0.6 is 0 Å². The van der Waals surface area contributed by atoms with Gasteiger partial charge in [-0.05, 0) is 56.4 Å². The molecule has 4 heterocycles. The van der Waals surface area contributed by atoms with Gasteiger partial charge in [-0.2, -0.15) is 0 Å². The van der Waals surface area contributed by atoms with Gasteiger partial charge in [0.05, 0.1) is 5.92 Å². The van der Waals surface area contributed by atoms with Crippen molar-refractivity contribution < 1.29 is 9.18 Å². The zero-order valence-corrected chi connectivity index (χ0v) is 19.2. The molecule has 0 aliphatic carbocycles. The number of hydrogen-bond acceptors (Lipinski definition) is 5. The van der Waals surface area contributed by atoms with Crippen molar-refractivity contribution in [2.75, 3.05) is 29.4 Å². The van der Waals surface area contributed by atoms with Crippen LogP contribution in [0.5, 0.6) is 0 Å². The van der Waals surface area contributed by atoms with Gasteiger partial charge >= 0.3 is 0 Å². The summed E-state index contributed by atoms with van der Waals surface area (Å²) in [5, 5.41) is 0. The number of amides is 1. The predicted molar refractivity (Wildman–Crippen MR) is 127 cm³/mol. The minimum atomic E-state index is -0.294. The average Bonchev–Trinajstić information content (AvgIpc) is 3.03. The second-order valence-electron chi connectivity index (χ2n) is 9.11. The van der Waals surface area contributed by atoms with Crippen molar-refractivity contribution in [2.45, 2.75) is 58.4 Å². The third-order valence-electron chi connectivity index (χ3n) is 6.80. The summed E-state index contributed by atoms with van der Waals surface area (Å²) in [5.41, 5.74) is 2.51. The van der Waals surface area contributed by atoms with Crippen molar-refractivity contribution in [2.24, 2.45) is 5.92 Å². The molecule has 1 fully saturated rings. The van der Waals surface area contributed by atoms with E-state index in [0.717, 1.165) is 80.1 Å². The third-order valence-corrected chi connectivity index (χ3v) is 6.80. The van der Waals surface area contributed by atoms with Crippen LogP contribution in [0.25, 0.3) is 11.2 Å². The Kier molecular flexibility index (Phi) is 6.24. The summed E-state index contributed by atoms with van der Waals surface area (Å²) in [5.74, 6) is 1.60. The summed E-state index contributed by atoms with van der Waals surface area (Å²) in [6.45, 7) is 5.08. The first-order valence-corrected chi connectivity index (χ1v) is 12.2. The summed E-state index contributed by atoms with van der Waals surface area (Å²) in [6, 6.07) is 6.21. The summed E-state index contributed by atoms with van der Waals surface area (Å²) in [7, 11) is 0. The van der Waals surface area contributed by atoms with Crippen LogP contribution in [0.1, 0.15) is 51.3 Å². The number of anilines is 2. The van der Waals surface area contributed by atoms with Crippen LogP contribution in [0.3, 0.4) is 0 Å². The quantitative estimate of drug-likeness (QED) is 0.578. The van der Waals surface area contributed by atoms with Gasteiger partial charge in [0.2, 0.25) is 5.91 Å². The Morgan fingerprint density at radius 3 is 2.79 bits per heavy atom. The lowest BCUT2D eigenvalue weighted by Gasteiger charge is -2.35. The zero-order valence-electron chi connectivity index (χ0n) is 19.2. The average molecular weight is 451 g/mol. The molecule has 0 unspecified atom stereocenters. The van der Waals surface area contributed by atoms with E-state index >= 15 is 0 Å². The molecule has 1 aromatic carbocycles. The van der Waals surface area contributed by atoms with Gasteiger partial charge in [0, 0.05) is 38.3 Å². The molecule has 1 amide bonds. The molecule has 7 nitrogen and oxygen atoms in total. The molecule has 1 saturated heterocycles. The van der Waals surface area contributed by atoms with Gasteiger partial charge in [-0.3, -0.25) is 4.79 Å². The Bertz CT molecular complexity index is 1130. The molecule has 174 valence electrons. The second-order valence-corrected chi connectivity index (χ2v) is 9.11. The molecule has 33 heavy (non-hydrogen) atoms. The highest BCUT2D eigenvalue weighted by molar-refractivity contribution is 5.95. The molecule has 0 bridgehead atoms. The lowest BCUT2D eigenvalue weighted by molar-refractivity contribution is -0.122. The molecular weight excluding hydrogens is 419 g/mol. The van der Waals surface area contributed by atoms with Crippen LogP contribution in [-0.4, -0.2) is 45.1 Å². The van der Waals surface area contributed by atoms with E-state index < -0.39 is 0 Å². The van der Waals surface area contributed by atoms with Crippen LogP contribution in [0, 0.1) is 11.7 Å². The monoisotopic (exact) mass is 450 g/mol. The number of imidazole rings is 1. The van der Waals surface area contributed by atoms with Crippen LogP contribution < -0.4 is 9.80 Å². The number of carbonyl (C=O) groups is 1. The van der Waals surface area contributed by atoms with Crippen LogP contribution in [0.15, 0.2) is 30.6 Å². The van der Waals surface area contributed by atoms with Crippen LogP contribution in [-0.2, 0) is 17.8 Å². The fourth-order valence-electron chi connectivity index (χ4n) is 5.16. The Morgan fingerprint density at radius 1 is 1.12 bits per heavy atom. The maximum atomic E-state index is 13.6. The van der Waals surface area contributed by atoms with Crippen LogP contribution in [0.4, 0.5) is 15.9 Å². The maximum absolute atomic E-state index is 13.6. The lowest BCUT2D eigenvalue weighted by Crippen LogP contribution is -2.45. The Hall–Kier alpha value is -3.03. The third kappa shape index (κ3) is 4.30. The first kappa shape index (κ1) is 21.8. The number of nitrogens with zero attached hydrogens (tertiary/aromatic N) is 6. The fraction of sp³-hybridized carbons (Fsp3) is 0.520. The number of benzene rings is 1. The van der Waals surface area contributed by atoms with Gasteiger partial charge < -0.3 is 14.4 Å². The highest BCUT2D eigenvalue weighted by Gasteiger charge is 2.32. The van der Waals surface area contributed by atoms with Crippen molar-refractivity contribution in [1.82, 2.24) is 19.5 Å². The Morgan fingerprint density at radius 2 is 1.97 bits per heavy atom.